The van der Waals surface area contributed by atoms with Gasteiger partial charge in [0.25, 0.3) is 0 Å². The molecule has 0 aliphatic rings. The molecular formula is C25H26O. The van der Waals surface area contributed by atoms with E-state index in [0.29, 0.717) is 11.7 Å². The fourth-order valence-corrected chi connectivity index (χ4v) is 3.11. The van der Waals surface area contributed by atoms with Crippen LogP contribution in [0.3, 0.4) is 0 Å². The van der Waals surface area contributed by atoms with E-state index >= 15 is 0 Å². The van der Waals surface area contributed by atoms with Crippen LogP contribution in [-0.4, -0.2) is 5.11 Å². The zero-order chi connectivity index (χ0) is 18.5. The number of para-hydroxylation sites is 1. The van der Waals surface area contributed by atoms with Crippen molar-refractivity contribution >= 4 is 5.57 Å². The van der Waals surface area contributed by atoms with Gasteiger partial charge in [-0.2, -0.15) is 0 Å². The Morgan fingerprint density at radius 3 is 2.15 bits per heavy atom. The number of rotatable bonds is 6. The first-order valence-corrected chi connectivity index (χ1v) is 9.20. The molecule has 0 aromatic heterocycles. The highest BCUT2D eigenvalue weighted by atomic mass is 16.3. The van der Waals surface area contributed by atoms with E-state index in [9.17, 15) is 5.11 Å². The molecule has 3 rings (SSSR count). The molecule has 0 aliphatic carbocycles. The number of phenols is 1. The Bertz CT molecular complexity index is 871. The summed E-state index contributed by atoms with van der Waals surface area (Å²) in [6, 6.07) is 24.6. The number of aryl methyl sites for hydroxylation is 1. The highest BCUT2D eigenvalue weighted by Crippen LogP contribution is 2.30. The SMILES string of the molecule is C=C(CCc1ccc(C(C)C)cc1)c1ccc(-c2ccccc2O)cc1. The fourth-order valence-electron chi connectivity index (χ4n) is 3.11. The lowest BCUT2D eigenvalue weighted by molar-refractivity contribution is 0.477. The van der Waals surface area contributed by atoms with Gasteiger partial charge in [-0.1, -0.05) is 87.2 Å². The van der Waals surface area contributed by atoms with Crippen LogP contribution in [0.1, 0.15) is 42.9 Å². The number of hydrogen-bond acceptors (Lipinski definition) is 1. The molecule has 0 atom stereocenters. The third-order valence-corrected chi connectivity index (χ3v) is 4.87. The molecule has 1 N–H and O–H groups in total. The molecule has 3 aromatic rings. The standard InChI is InChI=1S/C25H26O/c1-18(2)21-12-10-20(11-13-21)9-8-19(3)22-14-16-23(17-15-22)24-6-4-5-7-25(24)26/h4-7,10-18,26H,3,8-9H2,1-2H3. The van der Waals surface area contributed by atoms with Gasteiger partial charge in [0.15, 0.2) is 0 Å². The van der Waals surface area contributed by atoms with Crippen molar-refractivity contribution in [3.8, 4) is 16.9 Å². The summed E-state index contributed by atoms with van der Waals surface area (Å²) < 4.78 is 0. The molecule has 132 valence electrons. The Labute approximate surface area is 156 Å². The Morgan fingerprint density at radius 1 is 0.885 bits per heavy atom. The number of allylic oxidation sites excluding steroid dienone is 1. The van der Waals surface area contributed by atoms with Crippen LogP contribution in [0.2, 0.25) is 0 Å². The Balaban J connectivity index is 1.64. The molecular weight excluding hydrogens is 316 g/mol. The Hall–Kier alpha value is -2.80. The molecule has 0 amide bonds. The largest absolute Gasteiger partial charge is 0.507 e. The third kappa shape index (κ3) is 4.23. The summed E-state index contributed by atoms with van der Waals surface area (Å²) in [6.07, 6.45) is 1.94. The monoisotopic (exact) mass is 342 g/mol. The molecule has 0 fully saturated rings. The molecule has 0 spiro atoms. The third-order valence-electron chi connectivity index (χ3n) is 4.87. The van der Waals surface area contributed by atoms with Crippen LogP contribution in [0.5, 0.6) is 5.75 Å². The second kappa shape index (κ2) is 8.05. The summed E-state index contributed by atoms with van der Waals surface area (Å²) in [5, 5.41) is 9.99. The first-order valence-electron chi connectivity index (χ1n) is 9.20. The van der Waals surface area contributed by atoms with Gasteiger partial charge >= 0.3 is 0 Å². The van der Waals surface area contributed by atoms with Crippen LogP contribution in [-0.2, 0) is 6.42 Å². The maximum absolute atomic E-state index is 9.99. The van der Waals surface area contributed by atoms with Gasteiger partial charge in [0, 0.05) is 5.56 Å². The molecule has 0 bridgehead atoms. The summed E-state index contributed by atoms with van der Waals surface area (Å²) in [7, 11) is 0. The van der Waals surface area contributed by atoms with Crippen LogP contribution >= 0.6 is 0 Å². The van der Waals surface area contributed by atoms with E-state index in [2.05, 4.69) is 56.8 Å². The molecule has 0 saturated carbocycles. The van der Waals surface area contributed by atoms with Crippen LogP contribution in [0, 0.1) is 0 Å². The van der Waals surface area contributed by atoms with Gasteiger partial charge in [-0.3, -0.25) is 0 Å². The van der Waals surface area contributed by atoms with E-state index in [1.165, 1.54) is 11.1 Å². The zero-order valence-corrected chi connectivity index (χ0v) is 15.6. The van der Waals surface area contributed by atoms with Crippen molar-refractivity contribution in [2.24, 2.45) is 0 Å². The summed E-state index contributed by atoms with van der Waals surface area (Å²) in [5.41, 5.74) is 6.90. The quantitative estimate of drug-likeness (QED) is 0.520. The van der Waals surface area contributed by atoms with E-state index in [1.807, 2.05) is 30.3 Å². The van der Waals surface area contributed by atoms with Crippen molar-refractivity contribution in [1.82, 2.24) is 0 Å². The lowest BCUT2D eigenvalue weighted by Gasteiger charge is -2.10. The normalized spacial score (nSPS) is 10.9. The molecule has 1 heteroatoms. The summed E-state index contributed by atoms with van der Waals surface area (Å²) in [6.45, 7) is 8.69. The zero-order valence-electron chi connectivity index (χ0n) is 15.6. The molecule has 0 heterocycles. The Kier molecular flexibility index (Phi) is 5.58. The number of hydrogen-bond donors (Lipinski definition) is 1. The summed E-state index contributed by atoms with van der Waals surface area (Å²) in [4.78, 5) is 0. The van der Waals surface area contributed by atoms with Gasteiger partial charge in [0.2, 0.25) is 0 Å². The lowest BCUT2D eigenvalue weighted by Crippen LogP contribution is -1.91. The van der Waals surface area contributed by atoms with Gasteiger partial charge in [0.1, 0.15) is 5.75 Å². The number of aromatic hydroxyl groups is 1. The van der Waals surface area contributed by atoms with Gasteiger partial charge in [-0.15, -0.1) is 0 Å². The average Bonchev–Trinajstić information content (AvgIpc) is 2.67. The topological polar surface area (TPSA) is 20.2 Å². The van der Waals surface area contributed by atoms with E-state index in [0.717, 1.165) is 35.1 Å². The predicted octanol–water partition coefficient (Wildman–Crippen LogP) is 6.83. The molecule has 1 nitrogen and oxygen atoms in total. The van der Waals surface area contributed by atoms with E-state index < -0.39 is 0 Å². The number of phenolic OH excluding ortho intramolecular Hbond substituents is 1. The van der Waals surface area contributed by atoms with Crippen LogP contribution in [0.4, 0.5) is 0 Å². The van der Waals surface area contributed by atoms with Crippen molar-refractivity contribution in [3.63, 3.8) is 0 Å². The fraction of sp³-hybridized carbons (Fsp3) is 0.200. The first kappa shape index (κ1) is 18.0. The molecule has 0 aliphatic heterocycles. The second-order valence-corrected chi connectivity index (χ2v) is 7.09. The van der Waals surface area contributed by atoms with Crippen molar-refractivity contribution < 1.29 is 5.11 Å². The minimum Gasteiger partial charge on any atom is -0.507 e. The second-order valence-electron chi connectivity index (χ2n) is 7.09. The van der Waals surface area contributed by atoms with Gasteiger partial charge < -0.3 is 5.11 Å². The van der Waals surface area contributed by atoms with Crippen LogP contribution < -0.4 is 0 Å². The summed E-state index contributed by atoms with van der Waals surface area (Å²) >= 11 is 0. The van der Waals surface area contributed by atoms with E-state index in [1.54, 1.807) is 6.07 Å². The lowest BCUT2D eigenvalue weighted by atomic mass is 9.96. The van der Waals surface area contributed by atoms with Crippen molar-refractivity contribution in [3.05, 3.63) is 96.1 Å². The minimum atomic E-state index is 0.309. The molecule has 0 unspecified atom stereocenters. The predicted molar refractivity (Wildman–Crippen MR) is 111 cm³/mol. The van der Waals surface area contributed by atoms with Crippen molar-refractivity contribution in [2.75, 3.05) is 0 Å². The van der Waals surface area contributed by atoms with Gasteiger partial charge in [-0.05, 0) is 52.7 Å². The van der Waals surface area contributed by atoms with E-state index in [-0.39, 0.29) is 0 Å². The first-order chi connectivity index (χ1) is 12.5. The average molecular weight is 342 g/mol. The molecule has 0 saturated heterocycles. The molecule has 0 radical (unpaired) electrons. The minimum absolute atomic E-state index is 0.309. The highest BCUT2D eigenvalue weighted by molar-refractivity contribution is 5.73. The Morgan fingerprint density at radius 2 is 1.54 bits per heavy atom. The number of benzene rings is 3. The van der Waals surface area contributed by atoms with Crippen molar-refractivity contribution in [1.29, 1.82) is 0 Å². The van der Waals surface area contributed by atoms with Crippen LogP contribution in [0.15, 0.2) is 79.4 Å². The van der Waals surface area contributed by atoms with E-state index in [4.69, 9.17) is 0 Å². The molecule has 3 aromatic carbocycles. The molecule has 26 heavy (non-hydrogen) atoms. The van der Waals surface area contributed by atoms with Gasteiger partial charge in [-0.25, -0.2) is 0 Å². The maximum Gasteiger partial charge on any atom is 0.123 e. The smallest absolute Gasteiger partial charge is 0.123 e. The maximum atomic E-state index is 9.99. The van der Waals surface area contributed by atoms with Gasteiger partial charge in [0.05, 0.1) is 0 Å². The van der Waals surface area contributed by atoms with Crippen molar-refractivity contribution in [2.45, 2.75) is 32.6 Å². The van der Waals surface area contributed by atoms with Crippen LogP contribution in [0.25, 0.3) is 16.7 Å². The summed E-state index contributed by atoms with van der Waals surface area (Å²) in [5.74, 6) is 0.880. The highest BCUT2D eigenvalue weighted by Gasteiger charge is 2.05.